The Bertz CT molecular complexity index is 809. The van der Waals surface area contributed by atoms with Crippen molar-refractivity contribution < 1.29 is 24.4 Å². The molecule has 1 aromatic rings. The molecule has 1 aromatic carbocycles. The number of ketones is 3. The van der Waals surface area contributed by atoms with E-state index >= 15 is 0 Å². The van der Waals surface area contributed by atoms with Crippen LogP contribution >= 0.6 is 0 Å². The van der Waals surface area contributed by atoms with Crippen molar-refractivity contribution in [3.63, 3.8) is 0 Å². The fourth-order valence-corrected chi connectivity index (χ4v) is 3.92. The van der Waals surface area contributed by atoms with Gasteiger partial charge in [0.15, 0.2) is 5.78 Å². The van der Waals surface area contributed by atoms with Crippen molar-refractivity contribution in [2.24, 2.45) is 5.92 Å². The van der Waals surface area contributed by atoms with E-state index in [1.807, 2.05) is 0 Å². The van der Waals surface area contributed by atoms with Gasteiger partial charge in [-0.3, -0.25) is 24.5 Å². The minimum atomic E-state index is -1.16. The first-order valence-electron chi connectivity index (χ1n) is 8.65. The van der Waals surface area contributed by atoms with Gasteiger partial charge in [0.05, 0.1) is 16.6 Å². The third-order valence-electron chi connectivity index (χ3n) is 5.08. The second-order valence-electron chi connectivity index (χ2n) is 6.69. The number of hydrogen-bond donors (Lipinski definition) is 1. The van der Waals surface area contributed by atoms with Gasteiger partial charge in [-0.15, -0.1) is 0 Å². The SMILES string of the molecule is O=C1CCCC(O)=C1[C@@H](c1ccccc1[N+](=O)[O-])C1C(=O)CCCC1=O. The van der Waals surface area contributed by atoms with E-state index in [9.17, 15) is 29.6 Å². The third kappa shape index (κ3) is 3.16. The summed E-state index contributed by atoms with van der Waals surface area (Å²) in [6, 6.07) is 5.79. The van der Waals surface area contributed by atoms with Crippen LogP contribution in [0.2, 0.25) is 0 Å². The van der Waals surface area contributed by atoms with Crippen molar-refractivity contribution in [1.82, 2.24) is 0 Å². The van der Waals surface area contributed by atoms with E-state index in [-0.39, 0.29) is 65.6 Å². The maximum Gasteiger partial charge on any atom is 0.273 e. The molecule has 26 heavy (non-hydrogen) atoms. The summed E-state index contributed by atoms with van der Waals surface area (Å²) in [5.74, 6) is -3.46. The number of aliphatic hydroxyl groups excluding tert-OH is 1. The molecule has 2 aliphatic carbocycles. The first kappa shape index (κ1) is 18.0. The summed E-state index contributed by atoms with van der Waals surface area (Å²) in [4.78, 5) is 48.5. The molecule has 0 aromatic heterocycles. The van der Waals surface area contributed by atoms with E-state index in [1.54, 1.807) is 6.07 Å². The van der Waals surface area contributed by atoms with E-state index in [0.717, 1.165) is 0 Å². The number of allylic oxidation sites excluding steroid dienone is 2. The van der Waals surface area contributed by atoms with Crippen LogP contribution in [0, 0.1) is 16.0 Å². The summed E-state index contributed by atoms with van der Waals surface area (Å²) >= 11 is 0. The molecule has 0 amide bonds. The molecule has 3 rings (SSSR count). The van der Waals surface area contributed by atoms with Crippen LogP contribution < -0.4 is 0 Å². The number of rotatable bonds is 4. The van der Waals surface area contributed by atoms with Crippen molar-refractivity contribution in [3.05, 3.63) is 51.3 Å². The average molecular weight is 357 g/mol. The number of carbonyl (C=O) groups excluding carboxylic acids is 3. The first-order chi connectivity index (χ1) is 12.4. The van der Waals surface area contributed by atoms with Crippen molar-refractivity contribution in [2.75, 3.05) is 0 Å². The Labute approximate surface area is 149 Å². The molecule has 1 N–H and O–H groups in total. The zero-order valence-electron chi connectivity index (χ0n) is 14.1. The summed E-state index contributed by atoms with van der Waals surface area (Å²) in [7, 11) is 0. The van der Waals surface area contributed by atoms with Gasteiger partial charge >= 0.3 is 0 Å². The number of Topliss-reactive ketones (excluding diaryl/α,β-unsaturated/α-hetero) is 3. The third-order valence-corrected chi connectivity index (χ3v) is 5.08. The standard InChI is InChI=1S/C19H19NO6/c21-13-7-3-8-14(22)18(13)17(19-15(23)9-4-10-16(19)24)11-5-1-2-6-12(11)20(25)26/h1-2,5-6,17-18,23H,3-4,7-10H2/t17-/m0/s1. The molecule has 1 fully saturated rings. The molecular formula is C19H19NO6. The highest BCUT2D eigenvalue weighted by Gasteiger charge is 2.44. The highest BCUT2D eigenvalue weighted by Crippen LogP contribution is 2.44. The van der Waals surface area contributed by atoms with E-state index in [0.29, 0.717) is 12.8 Å². The second-order valence-corrected chi connectivity index (χ2v) is 6.69. The van der Waals surface area contributed by atoms with Gasteiger partial charge in [0.25, 0.3) is 5.69 Å². The molecule has 0 heterocycles. The van der Waals surface area contributed by atoms with E-state index < -0.39 is 16.8 Å². The van der Waals surface area contributed by atoms with Crippen LogP contribution in [0.15, 0.2) is 35.6 Å². The molecule has 0 spiro atoms. The van der Waals surface area contributed by atoms with E-state index in [2.05, 4.69) is 0 Å². The van der Waals surface area contributed by atoms with Gasteiger partial charge in [0, 0.05) is 48.8 Å². The number of benzene rings is 1. The van der Waals surface area contributed by atoms with Crippen LogP contribution in [0.5, 0.6) is 0 Å². The lowest BCUT2D eigenvalue weighted by molar-refractivity contribution is -0.385. The second kappa shape index (κ2) is 7.19. The van der Waals surface area contributed by atoms with Crippen molar-refractivity contribution >= 4 is 23.0 Å². The zero-order valence-corrected chi connectivity index (χ0v) is 14.1. The zero-order chi connectivity index (χ0) is 18.8. The average Bonchev–Trinajstić information content (AvgIpc) is 2.60. The predicted octanol–water partition coefficient (Wildman–Crippen LogP) is 3.18. The van der Waals surface area contributed by atoms with Crippen LogP contribution in [0.3, 0.4) is 0 Å². The molecule has 136 valence electrons. The summed E-state index contributed by atoms with van der Waals surface area (Å²) in [5.41, 5.74) is -0.149. The highest BCUT2D eigenvalue weighted by atomic mass is 16.6. The quantitative estimate of drug-likeness (QED) is 0.503. The maximum absolute atomic E-state index is 12.6. The van der Waals surface area contributed by atoms with Crippen molar-refractivity contribution in [3.8, 4) is 0 Å². The Morgan fingerprint density at radius 1 is 1.00 bits per heavy atom. The molecule has 1 atom stereocenters. The largest absolute Gasteiger partial charge is 0.512 e. The Hall–Kier alpha value is -2.83. The monoisotopic (exact) mass is 357 g/mol. The molecule has 7 nitrogen and oxygen atoms in total. The number of nitro benzene ring substituents is 1. The molecule has 7 heteroatoms. The van der Waals surface area contributed by atoms with Gasteiger partial charge in [-0.2, -0.15) is 0 Å². The van der Waals surface area contributed by atoms with Crippen molar-refractivity contribution in [1.29, 1.82) is 0 Å². The lowest BCUT2D eigenvalue weighted by Crippen LogP contribution is -2.37. The Morgan fingerprint density at radius 2 is 1.62 bits per heavy atom. The van der Waals surface area contributed by atoms with Gasteiger partial charge < -0.3 is 5.11 Å². The first-order valence-corrected chi connectivity index (χ1v) is 8.65. The number of nitro groups is 1. The molecule has 0 bridgehead atoms. The van der Waals surface area contributed by atoms with E-state index in [4.69, 9.17) is 0 Å². The fraction of sp³-hybridized carbons (Fsp3) is 0.421. The minimum absolute atomic E-state index is 0.0147. The van der Waals surface area contributed by atoms with Crippen LogP contribution in [0.25, 0.3) is 0 Å². The molecule has 2 aliphatic rings. The Balaban J connectivity index is 2.24. The molecule has 0 unspecified atom stereocenters. The molecule has 1 saturated carbocycles. The van der Waals surface area contributed by atoms with Gasteiger partial charge in [-0.25, -0.2) is 0 Å². The van der Waals surface area contributed by atoms with Crippen molar-refractivity contribution in [2.45, 2.75) is 44.4 Å². The number of para-hydroxylation sites is 1. The lowest BCUT2D eigenvalue weighted by atomic mass is 9.69. The summed E-state index contributed by atoms with van der Waals surface area (Å²) in [6.45, 7) is 0. The minimum Gasteiger partial charge on any atom is -0.512 e. The number of hydrogen-bond acceptors (Lipinski definition) is 6. The maximum atomic E-state index is 12.6. The predicted molar refractivity (Wildman–Crippen MR) is 91.7 cm³/mol. The van der Waals surface area contributed by atoms with E-state index in [1.165, 1.54) is 18.2 Å². The molecular weight excluding hydrogens is 338 g/mol. The van der Waals surface area contributed by atoms with Crippen LogP contribution in [0.1, 0.15) is 50.0 Å². The molecule has 0 radical (unpaired) electrons. The number of aliphatic hydroxyl groups is 1. The summed E-state index contributed by atoms with van der Waals surface area (Å²) in [5, 5.41) is 21.9. The summed E-state index contributed by atoms with van der Waals surface area (Å²) < 4.78 is 0. The highest BCUT2D eigenvalue weighted by molar-refractivity contribution is 6.08. The number of carbonyl (C=O) groups is 3. The number of nitrogens with zero attached hydrogens (tertiary/aromatic N) is 1. The van der Waals surface area contributed by atoms with Crippen LogP contribution in [-0.2, 0) is 14.4 Å². The van der Waals surface area contributed by atoms with Crippen LogP contribution in [-0.4, -0.2) is 27.4 Å². The van der Waals surface area contributed by atoms with Gasteiger partial charge in [-0.05, 0) is 12.8 Å². The summed E-state index contributed by atoms with van der Waals surface area (Å²) in [6.07, 6.45) is 1.74. The van der Waals surface area contributed by atoms with Gasteiger partial charge in [0.2, 0.25) is 0 Å². The molecule has 0 aliphatic heterocycles. The topological polar surface area (TPSA) is 115 Å². The van der Waals surface area contributed by atoms with Gasteiger partial charge in [-0.1, -0.05) is 18.2 Å². The Kier molecular flexibility index (Phi) is 4.97. The normalized spacial score (nSPS) is 20.4. The molecule has 0 saturated heterocycles. The Morgan fingerprint density at radius 3 is 2.23 bits per heavy atom. The fourth-order valence-electron chi connectivity index (χ4n) is 3.92. The van der Waals surface area contributed by atoms with Crippen LogP contribution in [0.4, 0.5) is 5.69 Å². The smallest absolute Gasteiger partial charge is 0.273 e. The van der Waals surface area contributed by atoms with Gasteiger partial charge in [0.1, 0.15) is 11.6 Å². The lowest BCUT2D eigenvalue weighted by Gasteiger charge is -2.31.